The normalized spacial score (nSPS) is 14.9. The number of phenols is 1. The van der Waals surface area contributed by atoms with E-state index in [2.05, 4.69) is 15.6 Å². The van der Waals surface area contributed by atoms with Crippen molar-refractivity contribution in [3.63, 3.8) is 0 Å². The number of hydrogen-bond donors (Lipinski definition) is 6. The van der Waals surface area contributed by atoms with E-state index in [1.807, 2.05) is 24.3 Å². The number of ether oxygens (including phenoxy) is 1. The summed E-state index contributed by atoms with van der Waals surface area (Å²) in [6.45, 7) is 0.474. The number of aliphatic hydroxyl groups excluding tert-OH is 1. The Morgan fingerprint density at radius 3 is 2.60 bits per heavy atom. The molecule has 1 aliphatic carbocycles. The second-order valence-corrected chi connectivity index (χ2v) is 12.5. The lowest BCUT2D eigenvalue weighted by atomic mass is 9.69. The summed E-state index contributed by atoms with van der Waals surface area (Å²) in [6, 6.07) is 17.1. The van der Waals surface area contributed by atoms with Crippen LogP contribution in [0.25, 0.3) is 10.9 Å². The number of phenolic OH excluding ortho intramolecular Hbond substituents is 1. The molecule has 5 rings (SSSR count). The Kier molecular flexibility index (Phi) is 10.9. The van der Waals surface area contributed by atoms with Crippen molar-refractivity contribution < 1.29 is 29.6 Å². The van der Waals surface area contributed by atoms with E-state index in [9.17, 15) is 29.7 Å². The number of fused-ring (bicyclic) bond motifs is 1. The molecule has 1 aromatic heterocycles. The Hall–Kier alpha value is -4.38. The first kappa shape index (κ1) is 34.0. The van der Waals surface area contributed by atoms with E-state index in [4.69, 9.17) is 16.3 Å². The third-order valence-electron chi connectivity index (χ3n) is 9.03. The molecule has 6 N–H and O–H groups in total. The number of carboxylic acids is 1. The van der Waals surface area contributed by atoms with Crippen LogP contribution in [0, 0.1) is 0 Å². The first-order chi connectivity index (χ1) is 22.6. The van der Waals surface area contributed by atoms with E-state index in [0.29, 0.717) is 59.6 Å². The number of aromatic amines is 1. The van der Waals surface area contributed by atoms with Gasteiger partial charge in [-0.1, -0.05) is 61.2 Å². The van der Waals surface area contributed by atoms with Crippen molar-refractivity contribution in [1.82, 2.24) is 10.3 Å². The molecule has 47 heavy (non-hydrogen) atoms. The Morgan fingerprint density at radius 1 is 1.06 bits per heavy atom. The van der Waals surface area contributed by atoms with Crippen LogP contribution in [0.5, 0.6) is 11.5 Å². The minimum atomic E-state index is -0.933. The van der Waals surface area contributed by atoms with Crippen LogP contribution >= 0.6 is 11.6 Å². The lowest BCUT2D eigenvalue weighted by Crippen LogP contribution is -2.37. The number of aromatic hydroxyl groups is 1. The second kappa shape index (κ2) is 15.0. The van der Waals surface area contributed by atoms with Gasteiger partial charge in [-0.15, -0.1) is 0 Å². The lowest BCUT2D eigenvalue weighted by Gasteiger charge is -2.34. The molecule has 1 atom stereocenters. The number of aliphatic carboxylic acids is 1. The molecule has 1 amide bonds. The number of halogens is 1. The highest BCUT2D eigenvalue weighted by molar-refractivity contribution is 6.33. The minimum Gasteiger partial charge on any atom is -0.506 e. The molecule has 10 nitrogen and oxygen atoms in total. The summed E-state index contributed by atoms with van der Waals surface area (Å²) in [4.78, 5) is 39.4. The van der Waals surface area contributed by atoms with Crippen LogP contribution in [0.1, 0.15) is 73.3 Å². The van der Waals surface area contributed by atoms with Crippen LogP contribution < -0.4 is 20.9 Å². The molecule has 248 valence electrons. The number of hydrogen-bond acceptors (Lipinski definition) is 7. The largest absolute Gasteiger partial charge is 0.506 e. The van der Waals surface area contributed by atoms with E-state index in [1.165, 1.54) is 19.2 Å². The first-order valence-corrected chi connectivity index (χ1v) is 16.2. The fraction of sp³-hybridized carbons (Fsp3) is 0.361. The molecule has 0 unspecified atom stereocenters. The van der Waals surface area contributed by atoms with Crippen LogP contribution in [-0.2, 0) is 28.0 Å². The van der Waals surface area contributed by atoms with Gasteiger partial charge in [-0.3, -0.25) is 14.4 Å². The second-order valence-electron chi connectivity index (χ2n) is 12.1. The zero-order valence-electron chi connectivity index (χ0n) is 26.3. The van der Waals surface area contributed by atoms with Crippen LogP contribution in [-0.4, -0.2) is 45.8 Å². The molecule has 0 aliphatic heterocycles. The fourth-order valence-corrected chi connectivity index (χ4v) is 6.73. The number of aryl methyl sites for hydroxylation is 1. The fourth-order valence-electron chi connectivity index (χ4n) is 6.49. The number of benzene rings is 3. The standard InChI is InChI=1S/C36H40ClN3O7/c1-47-31-19-28(39-32(43)10-6-8-22-7-5-9-24(17-22)36(35(45)46)15-3-2-4-16-36)27(37)18-23(31)20-38-21-30(42)25-11-13-29(41)34-26(25)12-14-33(44)40-34/h5,7,9,11-14,17-19,30,38,41-42H,2-4,6,8,10,15-16,20-21H2,1H3,(H,39,43)(H,40,44)(H,45,46)/t30-/m0/s1. The zero-order chi connectivity index (χ0) is 33.6. The van der Waals surface area contributed by atoms with Gasteiger partial charge < -0.3 is 35.7 Å². The lowest BCUT2D eigenvalue weighted by molar-refractivity contribution is -0.145. The van der Waals surface area contributed by atoms with E-state index in [0.717, 1.165) is 36.0 Å². The number of rotatable bonds is 13. The van der Waals surface area contributed by atoms with Crippen molar-refractivity contribution in [3.05, 3.63) is 98.3 Å². The van der Waals surface area contributed by atoms with Gasteiger partial charge in [0.15, 0.2) is 0 Å². The van der Waals surface area contributed by atoms with Gasteiger partial charge in [0.05, 0.1) is 34.9 Å². The molecule has 0 radical (unpaired) electrons. The average Bonchev–Trinajstić information content (AvgIpc) is 3.06. The number of amides is 1. The number of carboxylic acid groups (broad SMARTS) is 1. The van der Waals surface area contributed by atoms with Crippen molar-refractivity contribution in [1.29, 1.82) is 0 Å². The smallest absolute Gasteiger partial charge is 0.314 e. The molecular weight excluding hydrogens is 622 g/mol. The predicted octanol–water partition coefficient (Wildman–Crippen LogP) is 5.97. The highest BCUT2D eigenvalue weighted by Crippen LogP contribution is 2.40. The van der Waals surface area contributed by atoms with Gasteiger partial charge in [0.25, 0.3) is 0 Å². The van der Waals surface area contributed by atoms with Gasteiger partial charge in [0.2, 0.25) is 11.5 Å². The SMILES string of the molecule is COc1cc(NC(=O)CCCc2cccc(C3(C(=O)O)CCCCC3)c2)c(Cl)cc1CNC[C@H](O)c1ccc(O)c2[nH]c(=O)ccc12. The van der Waals surface area contributed by atoms with E-state index >= 15 is 0 Å². The summed E-state index contributed by atoms with van der Waals surface area (Å²) in [7, 11) is 1.52. The Morgan fingerprint density at radius 2 is 1.85 bits per heavy atom. The highest BCUT2D eigenvalue weighted by Gasteiger charge is 2.41. The maximum atomic E-state index is 12.8. The maximum Gasteiger partial charge on any atom is 0.314 e. The third kappa shape index (κ3) is 7.78. The summed E-state index contributed by atoms with van der Waals surface area (Å²) < 4.78 is 5.56. The van der Waals surface area contributed by atoms with Gasteiger partial charge in [0, 0.05) is 42.6 Å². The number of nitrogens with one attached hydrogen (secondary N) is 3. The topological polar surface area (TPSA) is 161 Å². The van der Waals surface area contributed by atoms with Gasteiger partial charge in [-0.05, 0) is 60.6 Å². The third-order valence-corrected chi connectivity index (χ3v) is 9.34. The number of H-pyrrole nitrogens is 1. The average molecular weight is 662 g/mol. The number of methoxy groups -OCH3 is 1. The van der Waals surface area contributed by atoms with Gasteiger partial charge in [-0.2, -0.15) is 0 Å². The number of aliphatic hydroxyl groups is 1. The molecule has 0 saturated heterocycles. The highest BCUT2D eigenvalue weighted by atomic mass is 35.5. The predicted molar refractivity (Wildman–Crippen MR) is 181 cm³/mol. The van der Waals surface area contributed by atoms with Crippen LogP contribution in [0.4, 0.5) is 5.69 Å². The molecule has 1 aliphatic rings. The van der Waals surface area contributed by atoms with Crippen LogP contribution in [0.3, 0.4) is 0 Å². The van der Waals surface area contributed by atoms with Gasteiger partial charge in [0.1, 0.15) is 11.5 Å². The molecule has 1 saturated carbocycles. The summed E-state index contributed by atoms with van der Waals surface area (Å²) >= 11 is 6.54. The molecule has 3 aromatic carbocycles. The summed E-state index contributed by atoms with van der Waals surface area (Å²) in [5.41, 5.74) is 2.63. The Bertz CT molecular complexity index is 1820. The number of pyridine rings is 1. The summed E-state index contributed by atoms with van der Waals surface area (Å²) in [6.07, 6.45) is 4.73. The molecule has 4 aromatic rings. The number of carbonyl (C=O) groups is 2. The van der Waals surface area contributed by atoms with Crippen molar-refractivity contribution in [2.75, 3.05) is 19.0 Å². The number of carbonyl (C=O) groups excluding carboxylic acids is 1. The van der Waals surface area contributed by atoms with Crippen LogP contribution in [0.2, 0.25) is 5.02 Å². The Labute approximate surface area is 277 Å². The zero-order valence-corrected chi connectivity index (χ0v) is 27.0. The van der Waals surface area contributed by atoms with Gasteiger partial charge in [-0.25, -0.2) is 0 Å². The van der Waals surface area contributed by atoms with Crippen molar-refractivity contribution in [2.24, 2.45) is 0 Å². The van der Waals surface area contributed by atoms with E-state index < -0.39 is 17.5 Å². The molecule has 1 heterocycles. The van der Waals surface area contributed by atoms with Crippen molar-refractivity contribution in [3.8, 4) is 11.5 Å². The van der Waals surface area contributed by atoms with Crippen LogP contribution in [0.15, 0.2) is 65.5 Å². The molecule has 1 fully saturated rings. The first-order valence-electron chi connectivity index (χ1n) is 15.8. The molecular formula is C36H40ClN3O7. The van der Waals surface area contributed by atoms with Gasteiger partial charge >= 0.3 is 5.97 Å². The molecule has 11 heteroatoms. The van der Waals surface area contributed by atoms with Crippen molar-refractivity contribution in [2.45, 2.75) is 69.4 Å². The Balaban J connectivity index is 1.16. The molecule has 0 spiro atoms. The minimum absolute atomic E-state index is 0.0803. The summed E-state index contributed by atoms with van der Waals surface area (Å²) in [5.74, 6) is -0.534. The quantitative estimate of drug-likeness (QED) is 0.102. The number of aromatic nitrogens is 1. The van der Waals surface area contributed by atoms with E-state index in [-0.39, 0.29) is 35.7 Å². The number of anilines is 1. The summed E-state index contributed by atoms with van der Waals surface area (Å²) in [5, 5.41) is 38.0. The van der Waals surface area contributed by atoms with Crippen molar-refractivity contribution >= 4 is 40.1 Å². The maximum absolute atomic E-state index is 12.8. The monoisotopic (exact) mass is 661 g/mol. The molecule has 0 bridgehead atoms. The van der Waals surface area contributed by atoms with E-state index in [1.54, 1.807) is 24.3 Å².